The number of rotatable bonds is 12. The quantitative estimate of drug-likeness (QED) is 0.0281. The van der Waals surface area contributed by atoms with Gasteiger partial charge in [0.15, 0.2) is 0 Å². The summed E-state index contributed by atoms with van der Waals surface area (Å²) < 4.78 is 64.2. The molecule has 3 aliphatic rings. The number of nitrogens with zero attached hydrogens (tertiary/aromatic N) is 10. The lowest BCUT2D eigenvalue weighted by Crippen LogP contribution is -2.36. The number of nitrogen functional groups attached to an aromatic ring is 2. The number of nitrogens with one attached hydrogen (secondary N) is 1. The lowest BCUT2D eigenvalue weighted by Gasteiger charge is -2.30. The number of nitrogens with two attached hydrogens (primary N) is 3. The molecular formula is C51H65F3N14O7S4. The molecule has 0 aliphatic carbocycles. The van der Waals surface area contributed by atoms with E-state index in [1.165, 1.54) is 28.8 Å². The molecule has 21 nitrogen and oxygen atoms in total. The third kappa shape index (κ3) is 17.0. The van der Waals surface area contributed by atoms with Crippen molar-refractivity contribution in [1.29, 1.82) is 15.8 Å². The topological polar surface area (TPSA) is 354 Å². The number of aryl methyl sites for hydroxylation is 3. The van der Waals surface area contributed by atoms with Gasteiger partial charge in [-0.2, -0.15) is 37.4 Å². The van der Waals surface area contributed by atoms with Gasteiger partial charge in [0.2, 0.25) is 12.3 Å². The number of carbonyl (C=O) groups is 1. The van der Waals surface area contributed by atoms with Gasteiger partial charge in [-0.05, 0) is 99.7 Å². The van der Waals surface area contributed by atoms with Gasteiger partial charge in [-0.1, -0.05) is 51.8 Å². The summed E-state index contributed by atoms with van der Waals surface area (Å²) in [6, 6.07) is 11.1. The molecule has 3 fully saturated rings. The van der Waals surface area contributed by atoms with E-state index in [9.17, 15) is 37.1 Å². The van der Waals surface area contributed by atoms with Gasteiger partial charge in [0.1, 0.15) is 55.5 Å². The van der Waals surface area contributed by atoms with Gasteiger partial charge in [0, 0.05) is 43.0 Å². The van der Waals surface area contributed by atoms with Crippen molar-refractivity contribution in [2.45, 2.75) is 127 Å². The van der Waals surface area contributed by atoms with Crippen molar-refractivity contribution >= 4 is 105 Å². The number of nitriles is 3. The van der Waals surface area contributed by atoms with Crippen LogP contribution in [0.3, 0.4) is 0 Å². The van der Waals surface area contributed by atoms with Crippen molar-refractivity contribution in [2.75, 3.05) is 66.3 Å². The molecule has 0 aromatic carbocycles. The molecule has 6 aromatic rings. The van der Waals surface area contributed by atoms with Gasteiger partial charge in [0.25, 0.3) is 0 Å². The molecular weight excluding hydrogens is 1110 g/mol. The van der Waals surface area contributed by atoms with Gasteiger partial charge in [0.05, 0.1) is 51.6 Å². The van der Waals surface area contributed by atoms with Crippen molar-refractivity contribution in [3.63, 3.8) is 0 Å². The van der Waals surface area contributed by atoms with Crippen LogP contribution in [0.2, 0.25) is 0 Å². The second kappa shape index (κ2) is 30.2. The van der Waals surface area contributed by atoms with Gasteiger partial charge in [-0.3, -0.25) is 4.79 Å². The minimum absolute atomic E-state index is 0.0266. The standard InChI is InChI=1S/C17H21N5OS.C16H20N4OS.C12H10F3N3O3S2.C5H11NO.CH3NO/c1-2-3-10-8-12(22-6-4-11(23)5-7-22)21-17-13(10)14-15(24-17)16(18)20-9-19-14;1-2-3-10-8-13(20-6-4-11(21)5-7-20)19-16-14(10)15(18)12(9-17)22-16;1-2-3-8-6-10(21-23(19,20)12(13,14)15)18-11(9(8)7-17)22-5-4-16;7-5-1-3-6-4-2-5;2-1-3/h8-9,11,23H,2-7H2,1H3,(H2,18,19,20);8,11,21H,2-7,18H2,1H3;6H,2-3,5H2,1H3;5-7H,1-4H2;1H,(H2,2,3). The van der Waals surface area contributed by atoms with E-state index >= 15 is 0 Å². The number of thioether (sulfide) groups is 1. The number of pyridine rings is 3. The van der Waals surface area contributed by atoms with Crippen LogP contribution >= 0.6 is 34.4 Å². The Morgan fingerprint density at radius 2 is 1.29 bits per heavy atom. The second-order valence-electron chi connectivity index (χ2n) is 18.3. The van der Waals surface area contributed by atoms with Crippen LogP contribution in [0.25, 0.3) is 30.6 Å². The summed E-state index contributed by atoms with van der Waals surface area (Å²) in [5.41, 5.74) is 15.1. The number of piperidine rings is 3. The van der Waals surface area contributed by atoms with Gasteiger partial charge < -0.3 is 51.8 Å². The van der Waals surface area contributed by atoms with Crippen LogP contribution < -0.4 is 36.5 Å². The summed E-state index contributed by atoms with van der Waals surface area (Å²) in [6.45, 7) is 11.4. The van der Waals surface area contributed by atoms with Crippen LogP contribution in [0, 0.1) is 34.0 Å². The SMILES string of the molecule is CCCc1cc(N2CCC(O)CC2)nc2sc(C#N)c(N)c12.CCCc1cc(N2CCC(O)CC2)nc2sc3c(N)ncnc3c12.CCCc1cc(OS(=O)(=O)C(F)(F)F)nc(SCC#N)c1C#N.NC=O.OC1CCNCC1. The summed E-state index contributed by atoms with van der Waals surface area (Å²) in [7, 11) is -5.86. The summed E-state index contributed by atoms with van der Waals surface area (Å²) in [4.78, 5) is 37.2. The Kier molecular flexibility index (Phi) is 24.3. The number of carbonyl (C=O) groups excluding carboxylic acids is 1. The summed E-state index contributed by atoms with van der Waals surface area (Å²) >= 11 is 3.75. The van der Waals surface area contributed by atoms with E-state index in [0.717, 1.165) is 164 Å². The fourth-order valence-corrected chi connectivity index (χ4v) is 11.8. The highest BCUT2D eigenvalue weighted by Crippen LogP contribution is 2.40. The van der Waals surface area contributed by atoms with Crippen LogP contribution in [-0.4, -0.2) is 124 Å². The van der Waals surface area contributed by atoms with E-state index < -0.39 is 21.5 Å². The Morgan fingerprint density at radius 1 is 0.785 bits per heavy atom. The zero-order valence-electron chi connectivity index (χ0n) is 44.0. The molecule has 9 rings (SSSR count). The number of fused-ring (bicyclic) bond motifs is 4. The Labute approximate surface area is 468 Å². The molecule has 3 saturated heterocycles. The summed E-state index contributed by atoms with van der Waals surface area (Å²) in [6.07, 6.45) is 11.3. The number of amides is 1. The Bertz CT molecular complexity index is 3230. The highest BCUT2D eigenvalue weighted by Gasteiger charge is 2.49. The predicted octanol–water partition coefficient (Wildman–Crippen LogP) is 6.98. The monoisotopic (exact) mass is 1170 g/mol. The number of thiophene rings is 2. The molecule has 1 amide bonds. The largest absolute Gasteiger partial charge is 0.534 e. The minimum Gasteiger partial charge on any atom is -0.396 e. The van der Waals surface area contributed by atoms with Gasteiger partial charge >= 0.3 is 15.6 Å². The Hall–Kier alpha value is -6.42. The van der Waals surface area contributed by atoms with Crippen LogP contribution in [0.4, 0.5) is 36.3 Å². The minimum atomic E-state index is -5.86. The van der Waals surface area contributed by atoms with Gasteiger partial charge in [-0.15, -0.1) is 22.7 Å². The average Bonchev–Trinajstić information content (AvgIpc) is 4.05. The zero-order chi connectivity index (χ0) is 57.9. The molecule has 28 heteroatoms. The maximum Gasteiger partial charge on any atom is 0.534 e. The van der Waals surface area contributed by atoms with Crippen molar-refractivity contribution in [1.82, 2.24) is 30.2 Å². The van der Waals surface area contributed by atoms with Crippen molar-refractivity contribution in [3.05, 3.63) is 51.7 Å². The maximum absolute atomic E-state index is 12.4. The van der Waals surface area contributed by atoms with Crippen LogP contribution in [0.15, 0.2) is 29.6 Å². The molecule has 0 saturated carbocycles. The van der Waals surface area contributed by atoms with E-state index in [4.69, 9.17) is 41.9 Å². The highest BCUT2D eigenvalue weighted by molar-refractivity contribution is 7.99. The van der Waals surface area contributed by atoms with E-state index in [0.29, 0.717) is 34.8 Å². The molecule has 0 radical (unpaired) electrons. The first-order chi connectivity index (χ1) is 37.8. The fourth-order valence-electron chi connectivity index (χ4n) is 8.71. The third-order valence-electron chi connectivity index (χ3n) is 12.5. The molecule has 426 valence electrons. The van der Waals surface area contributed by atoms with Gasteiger partial charge in [-0.25, -0.2) is 24.9 Å². The first-order valence-corrected chi connectivity index (χ1v) is 29.6. The molecule has 6 aromatic heterocycles. The fraction of sp³-hybridized carbons (Fsp3) is 0.510. The molecule has 0 unspecified atom stereocenters. The predicted molar refractivity (Wildman–Crippen MR) is 302 cm³/mol. The summed E-state index contributed by atoms with van der Waals surface area (Å²) in [5, 5.41) is 60.4. The van der Waals surface area contributed by atoms with Crippen LogP contribution in [-0.2, 0) is 34.2 Å². The molecule has 9 heterocycles. The molecule has 0 spiro atoms. The molecule has 0 atom stereocenters. The normalized spacial score (nSPS) is 15.2. The number of halogens is 3. The number of primary amides is 1. The number of hydrogen-bond donors (Lipinski definition) is 7. The number of aliphatic hydroxyl groups is 3. The smallest absolute Gasteiger partial charge is 0.396 e. The molecule has 0 bridgehead atoms. The Balaban J connectivity index is 0.000000200. The van der Waals surface area contributed by atoms with Crippen molar-refractivity contribution < 1.29 is 45.9 Å². The third-order valence-corrected chi connectivity index (χ3v) is 16.4. The van der Waals surface area contributed by atoms with Crippen molar-refractivity contribution in [2.24, 2.45) is 5.73 Å². The first kappa shape index (κ1) is 63.4. The van der Waals surface area contributed by atoms with Crippen LogP contribution in [0.1, 0.15) is 106 Å². The van der Waals surface area contributed by atoms with Crippen LogP contribution in [0.5, 0.6) is 5.88 Å². The van der Waals surface area contributed by atoms with E-state index in [2.05, 4.69) is 72.0 Å². The molecule has 79 heavy (non-hydrogen) atoms. The van der Waals surface area contributed by atoms with Crippen molar-refractivity contribution in [3.8, 4) is 24.1 Å². The lowest BCUT2D eigenvalue weighted by atomic mass is 10.0. The van der Waals surface area contributed by atoms with E-state index in [1.807, 2.05) is 6.07 Å². The lowest BCUT2D eigenvalue weighted by molar-refractivity contribution is -0.106. The number of anilines is 4. The highest BCUT2D eigenvalue weighted by atomic mass is 32.2. The maximum atomic E-state index is 12.4. The molecule has 10 N–H and O–H groups in total. The van der Waals surface area contributed by atoms with E-state index in [-0.39, 0.29) is 41.1 Å². The Morgan fingerprint density at radius 3 is 1.76 bits per heavy atom. The zero-order valence-corrected chi connectivity index (χ0v) is 47.3. The first-order valence-electron chi connectivity index (χ1n) is 25.6. The van der Waals surface area contributed by atoms with E-state index in [1.54, 1.807) is 24.3 Å². The second-order valence-corrected chi connectivity index (χ2v) is 22.8. The number of aliphatic hydroxyl groups excluding tert-OH is 3. The average molecular weight is 1170 g/mol. The number of alkyl halides is 3. The summed E-state index contributed by atoms with van der Waals surface area (Å²) in [5.74, 6) is 1.56. The number of aromatic nitrogens is 5. The number of hydrogen-bond acceptors (Lipinski definition) is 23. The molecule has 3 aliphatic heterocycles.